The number of amides is 1. The van der Waals surface area contributed by atoms with E-state index in [1.54, 1.807) is 23.8 Å². The summed E-state index contributed by atoms with van der Waals surface area (Å²) in [6.07, 6.45) is 9.83. The van der Waals surface area contributed by atoms with Crippen LogP contribution in [0.15, 0.2) is 35.6 Å². The van der Waals surface area contributed by atoms with Crippen molar-refractivity contribution in [3.05, 3.63) is 41.4 Å². The molecule has 10 nitrogen and oxygen atoms in total. The quantitative estimate of drug-likeness (QED) is 0.325. The fourth-order valence-electron chi connectivity index (χ4n) is 5.11. The normalized spacial score (nSPS) is 22.6. The molecule has 0 radical (unpaired) electrons. The molecule has 3 atom stereocenters. The molecule has 0 saturated carbocycles. The van der Waals surface area contributed by atoms with E-state index >= 15 is 0 Å². The molecule has 5 N–H and O–H groups in total. The smallest absolute Gasteiger partial charge is 0.290 e. The molecule has 34 heavy (non-hydrogen) atoms. The Kier molecular flexibility index (Phi) is 5.94. The lowest BCUT2D eigenvalue weighted by atomic mass is 9.81. The Hall–Kier alpha value is -3.47. The highest BCUT2D eigenvalue weighted by Gasteiger charge is 2.42. The largest absolute Gasteiger partial charge is 0.402 e. The van der Waals surface area contributed by atoms with Gasteiger partial charge in [0, 0.05) is 43.3 Å². The summed E-state index contributed by atoms with van der Waals surface area (Å²) in [5.74, 6) is 1.80. The number of nitrogens with one attached hydrogen (secondary N) is 3. The van der Waals surface area contributed by atoms with Crippen LogP contribution in [-0.4, -0.2) is 54.3 Å². The van der Waals surface area contributed by atoms with Crippen LogP contribution in [0.2, 0.25) is 0 Å². The zero-order valence-electron chi connectivity index (χ0n) is 19.3. The maximum absolute atomic E-state index is 13.3. The summed E-state index contributed by atoms with van der Waals surface area (Å²) in [7, 11) is 1.86. The molecular formula is C23H29N9OS. The number of anilines is 2. The van der Waals surface area contributed by atoms with Crippen LogP contribution in [-0.2, 0) is 7.05 Å². The van der Waals surface area contributed by atoms with Crippen LogP contribution in [0.5, 0.6) is 0 Å². The van der Waals surface area contributed by atoms with E-state index < -0.39 is 0 Å². The minimum absolute atomic E-state index is 0.0187. The lowest BCUT2D eigenvalue weighted by molar-refractivity contribution is 0.0244. The third kappa shape index (κ3) is 4.35. The highest BCUT2D eigenvalue weighted by Crippen LogP contribution is 2.36. The van der Waals surface area contributed by atoms with Crippen molar-refractivity contribution in [2.45, 2.75) is 57.2 Å². The number of aromatic nitrogens is 4. The third-order valence-corrected chi connectivity index (χ3v) is 7.31. The number of rotatable bonds is 5. The van der Waals surface area contributed by atoms with Gasteiger partial charge < -0.3 is 25.8 Å². The van der Waals surface area contributed by atoms with Gasteiger partial charge in [0.15, 0.2) is 5.82 Å². The van der Waals surface area contributed by atoms with Crippen LogP contribution in [0.3, 0.4) is 0 Å². The number of piperidine rings is 2. The maximum atomic E-state index is 13.3. The van der Waals surface area contributed by atoms with Gasteiger partial charge in [-0.2, -0.15) is 4.98 Å². The van der Waals surface area contributed by atoms with E-state index in [1.807, 2.05) is 24.7 Å². The van der Waals surface area contributed by atoms with Gasteiger partial charge in [0.25, 0.3) is 5.91 Å². The number of aryl methyl sites for hydroxylation is 1. The van der Waals surface area contributed by atoms with Crippen molar-refractivity contribution in [2.75, 3.05) is 10.6 Å². The van der Waals surface area contributed by atoms with Crippen molar-refractivity contribution in [3.8, 4) is 0 Å². The standard InChI is InChI=1S/C23H29N9OS/c1-13(24)10-18(25)28-19-17-6-9-34-21(17)30-23(29-19)27-14-11-15-4-3-5-16(12-14)32(15)22(33)20-26-7-8-31(20)2/h6-10,14-16H,3-5,11-12,24H2,1-2H3,(H3,25,27,28,29,30)/b13-10-/t14-,15-,16+. The van der Waals surface area contributed by atoms with Crippen LogP contribution < -0.4 is 16.4 Å². The van der Waals surface area contributed by atoms with Gasteiger partial charge in [-0.1, -0.05) is 0 Å². The van der Waals surface area contributed by atoms with E-state index in [0.29, 0.717) is 23.3 Å². The second kappa shape index (κ2) is 9.05. The molecule has 5 rings (SSSR count). The number of nitrogens with zero attached hydrogens (tertiary/aromatic N) is 5. The van der Waals surface area contributed by atoms with Gasteiger partial charge in [-0.15, -0.1) is 11.3 Å². The van der Waals surface area contributed by atoms with Crippen LogP contribution in [0, 0.1) is 5.41 Å². The summed E-state index contributed by atoms with van der Waals surface area (Å²) >= 11 is 1.54. The van der Waals surface area contributed by atoms with Gasteiger partial charge >= 0.3 is 0 Å². The Morgan fingerprint density at radius 2 is 2.06 bits per heavy atom. The monoisotopic (exact) mass is 479 g/mol. The molecule has 178 valence electrons. The zero-order valence-corrected chi connectivity index (χ0v) is 20.1. The average molecular weight is 480 g/mol. The van der Waals surface area contributed by atoms with Crippen LogP contribution in [0.4, 0.5) is 11.8 Å². The van der Waals surface area contributed by atoms with Crippen LogP contribution >= 0.6 is 11.3 Å². The molecule has 5 heterocycles. The van der Waals surface area contributed by atoms with Crippen molar-refractivity contribution >= 4 is 45.1 Å². The first-order valence-electron chi connectivity index (χ1n) is 11.5. The summed E-state index contributed by atoms with van der Waals surface area (Å²) in [6.45, 7) is 1.74. The molecule has 3 aromatic heterocycles. The minimum atomic E-state index is 0.0187. The molecule has 0 aliphatic carbocycles. The molecule has 0 spiro atoms. The molecule has 2 fully saturated rings. The first-order chi connectivity index (χ1) is 16.4. The summed E-state index contributed by atoms with van der Waals surface area (Å²) in [6, 6.07) is 2.45. The van der Waals surface area contributed by atoms with Gasteiger partial charge in [-0.3, -0.25) is 10.2 Å². The molecule has 2 aliphatic heterocycles. The molecule has 2 bridgehead atoms. The predicted octanol–water partition coefficient (Wildman–Crippen LogP) is 3.31. The van der Waals surface area contributed by atoms with Gasteiger partial charge in [-0.05, 0) is 56.6 Å². The first kappa shape index (κ1) is 22.3. The molecule has 2 aliphatic rings. The van der Waals surface area contributed by atoms with Gasteiger partial charge in [0.1, 0.15) is 16.5 Å². The van der Waals surface area contributed by atoms with Gasteiger partial charge in [0.2, 0.25) is 5.95 Å². The Labute approximate surface area is 201 Å². The number of amidine groups is 1. The number of hydrogen-bond acceptors (Lipinski definition) is 8. The third-order valence-electron chi connectivity index (χ3n) is 6.51. The lowest BCUT2D eigenvalue weighted by Gasteiger charge is -2.48. The van der Waals surface area contributed by atoms with Gasteiger partial charge in [-0.25, -0.2) is 9.97 Å². The Morgan fingerprint density at radius 3 is 2.74 bits per heavy atom. The number of thiophene rings is 1. The average Bonchev–Trinajstić information content (AvgIpc) is 3.41. The molecule has 3 aromatic rings. The van der Waals surface area contributed by atoms with Crippen molar-refractivity contribution in [1.82, 2.24) is 24.4 Å². The summed E-state index contributed by atoms with van der Waals surface area (Å²) in [4.78, 5) is 29.8. The highest BCUT2D eigenvalue weighted by atomic mass is 32.1. The molecule has 0 unspecified atom stereocenters. The Bertz CT molecular complexity index is 1240. The van der Waals surface area contributed by atoms with E-state index in [1.165, 1.54) is 11.3 Å². The number of hydrogen-bond donors (Lipinski definition) is 4. The number of fused-ring (bicyclic) bond motifs is 3. The maximum Gasteiger partial charge on any atom is 0.290 e. The molecule has 1 amide bonds. The Balaban J connectivity index is 1.35. The van der Waals surface area contributed by atoms with Crippen molar-refractivity contribution < 1.29 is 4.79 Å². The SMILES string of the molecule is C/C(N)=C/C(=N)Nc1nc(N[C@@H]2C[C@H]3CCC[C@@H](C2)N3C(=O)c2nccn2C)nc2sccc12. The second-order valence-electron chi connectivity index (χ2n) is 9.09. The number of carbonyl (C=O) groups is 1. The van der Waals surface area contributed by atoms with Crippen molar-refractivity contribution in [1.29, 1.82) is 5.41 Å². The molecule has 0 aromatic carbocycles. The van der Waals surface area contributed by atoms with Gasteiger partial charge in [0.05, 0.1) is 5.39 Å². The van der Waals surface area contributed by atoms with E-state index in [4.69, 9.17) is 16.1 Å². The number of imidazole rings is 1. The number of nitrogens with two attached hydrogens (primary N) is 1. The fourth-order valence-corrected chi connectivity index (χ4v) is 5.87. The molecule has 2 saturated heterocycles. The summed E-state index contributed by atoms with van der Waals surface area (Å²) in [5.41, 5.74) is 6.26. The summed E-state index contributed by atoms with van der Waals surface area (Å²) in [5, 5.41) is 17.5. The molecule has 11 heteroatoms. The zero-order chi connectivity index (χ0) is 23.8. The lowest BCUT2D eigenvalue weighted by Crippen LogP contribution is -2.57. The second-order valence-corrected chi connectivity index (χ2v) is 9.98. The summed E-state index contributed by atoms with van der Waals surface area (Å²) < 4.78 is 1.79. The number of carbonyl (C=O) groups excluding carboxylic acids is 1. The highest BCUT2D eigenvalue weighted by molar-refractivity contribution is 7.16. The van der Waals surface area contributed by atoms with E-state index in [0.717, 1.165) is 42.3 Å². The minimum Gasteiger partial charge on any atom is -0.402 e. The van der Waals surface area contributed by atoms with E-state index in [2.05, 4.69) is 25.5 Å². The Morgan fingerprint density at radius 1 is 1.29 bits per heavy atom. The topological polar surface area (TPSA) is 138 Å². The van der Waals surface area contributed by atoms with Crippen LogP contribution in [0.25, 0.3) is 10.2 Å². The number of allylic oxidation sites excluding steroid dienone is 1. The fraction of sp³-hybridized carbons (Fsp3) is 0.435. The van der Waals surface area contributed by atoms with Crippen LogP contribution in [0.1, 0.15) is 49.6 Å². The van der Waals surface area contributed by atoms with Crippen molar-refractivity contribution in [2.24, 2.45) is 12.8 Å². The molecular weight excluding hydrogens is 450 g/mol. The van der Waals surface area contributed by atoms with E-state index in [-0.39, 0.29) is 29.9 Å². The van der Waals surface area contributed by atoms with Crippen molar-refractivity contribution in [3.63, 3.8) is 0 Å². The van der Waals surface area contributed by atoms with E-state index in [9.17, 15) is 4.79 Å². The predicted molar refractivity (Wildman–Crippen MR) is 134 cm³/mol. The first-order valence-corrected chi connectivity index (χ1v) is 12.4.